The quantitative estimate of drug-likeness (QED) is 0.196. The van der Waals surface area contributed by atoms with Crippen LogP contribution in [0.5, 0.6) is 0 Å². The van der Waals surface area contributed by atoms with Crippen molar-refractivity contribution in [2.75, 3.05) is 10.6 Å². The topological polar surface area (TPSA) is 71.1 Å². The van der Waals surface area contributed by atoms with Crippen LogP contribution in [-0.2, 0) is 4.79 Å². The smallest absolute Gasteiger partial charge is 0.255 e. The standard InChI is InChI=1S/C29H23N3O2S3/c1-19-9-5-6-14-23(19)27(33)30-21-12-7-13-22(17-21)37-26(20-10-3-2-4-11-20)28(34)32-29-31-24(18-36-29)25-15-8-16-35-25/h2-18,26H,1H3,(H,30,33)(H,31,32,34). The summed E-state index contributed by atoms with van der Waals surface area (Å²) in [5.41, 5.74) is 3.96. The molecule has 2 aromatic heterocycles. The highest BCUT2D eigenvalue weighted by molar-refractivity contribution is 8.00. The van der Waals surface area contributed by atoms with E-state index in [1.807, 2.05) is 109 Å². The molecular weight excluding hydrogens is 519 g/mol. The van der Waals surface area contributed by atoms with Gasteiger partial charge in [-0.25, -0.2) is 4.98 Å². The van der Waals surface area contributed by atoms with Crippen molar-refractivity contribution >= 4 is 57.1 Å². The molecule has 5 aromatic rings. The van der Waals surface area contributed by atoms with Crippen molar-refractivity contribution in [2.24, 2.45) is 0 Å². The number of hydrogen-bond acceptors (Lipinski definition) is 6. The minimum absolute atomic E-state index is 0.155. The van der Waals surface area contributed by atoms with Crippen LogP contribution in [0, 0.1) is 6.92 Å². The lowest BCUT2D eigenvalue weighted by molar-refractivity contribution is -0.115. The lowest BCUT2D eigenvalue weighted by atomic mass is 10.1. The van der Waals surface area contributed by atoms with E-state index in [9.17, 15) is 9.59 Å². The number of rotatable bonds is 8. The van der Waals surface area contributed by atoms with Crippen LogP contribution in [0.1, 0.15) is 26.7 Å². The monoisotopic (exact) mass is 541 g/mol. The Morgan fingerprint density at radius 3 is 2.46 bits per heavy atom. The number of benzene rings is 3. The van der Waals surface area contributed by atoms with Crippen LogP contribution in [0.25, 0.3) is 10.6 Å². The molecule has 0 radical (unpaired) electrons. The number of nitrogens with zero attached hydrogens (tertiary/aromatic N) is 1. The van der Waals surface area contributed by atoms with Crippen LogP contribution in [0.3, 0.4) is 0 Å². The first kappa shape index (κ1) is 25.0. The molecule has 0 saturated carbocycles. The van der Waals surface area contributed by atoms with Gasteiger partial charge in [0.1, 0.15) is 5.25 Å². The molecule has 37 heavy (non-hydrogen) atoms. The van der Waals surface area contributed by atoms with E-state index >= 15 is 0 Å². The number of hydrogen-bond donors (Lipinski definition) is 2. The lowest BCUT2D eigenvalue weighted by Gasteiger charge is -2.17. The number of carbonyl (C=O) groups is 2. The molecular formula is C29H23N3O2S3. The highest BCUT2D eigenvalue weighted by Crippen LogP contribution is 2.38. The Kier molecular flexibility index (Phi) is 7.79. The van der Waals surface area contributed by atoms with Crippen LogP contribution in [0.15, 0.2) is 107 Å². The molecule has 5 nitrogen and oxygen atoms in total. The summed E-state index contributed by atoms with van der Waals surface area (Å²) in [6, 6.07) is 28.7. The maximum absolute atomic E-state index is 13.5. The fourth-order valence-corrected chi connectivity index (χ4v) is 6.31. The maximum Gasteiger partial charge on any atom is 0.255 e. The van der Waals surface area contributed by atoms with Crippen molar-refractivity contribution in [3.05, 3.63) is 118 Å². The van der Waals surface area contributed by atoms with Crippen LogP contribution >= 0.6 is 34.4 Å². The summed E-state index contributed by atoms with van der Waals surface area (Å²) in [5, 5.41) is 10.00. The zero-order valence-corrected chi connectivity index (χ0v) is 22.3. The molecule has 1 atom stereocenters. The zero-order valence-electron chi connectivity index (χ0n) is 19.9. The van der Waals surface area contributed by atoms with Crippen molar-refractivity contribution in [3.8, 4) is 10.6 Å². The van der Waals surface area contributed by atoms with E-state index < -0.39 is 5.25 Å². The number of aryl methyl sites for hydroxylation is 1. The molecule has 0 aliphatic heterocycles. The summed E-state index contributed by atoms with van der Waals surface area (Å²) < 4.78 is 0. The van der Waals surface area contributed by atoms with Crippen LogP contribution in [-0.4, -0.2) is 16.8 Å². The highest BCUT2D eigenvalue weighted by Gasteiger charge is 2.23. The van der Waals surface area contributed by atoms with E-state index in [0.717, 1.165) is 26.6 Å². The number of nitrogens with one attached hydrogen (secondary N) is 2. The van der Waals surface area contributed by atoms with Gasteiger partial charge < -0.3 is 10.6 Å². The van der Waals surface area contributed by atoms with Gasteiger partial charge in [-0.2, -0.15) is 0 Å². The SMILES string of the molecule is Cc1ccccc1C(=O)Nc1cccc(SC(C(=O)Nc2nc(-c3cccs3)cs2)c2ccccc2)c1. The molecule has 0 saturated heterocycles. The molecule has 5 rings (SSSR count). The number of thiophene rings is 1. The molecule has 3 aromatic carbocycles. The highest BCUT2D eigenvalue weighted by atomic mass is 32.2. The molecule has 0 fully saturated rings. The third-order valence-electron chi connectivity index (χ3n) is 5.58. The fourth-order valence-electron chi connectivity index (χ4n) is 3.75. The van der Waals surface area contributed by atoms with E-state index in [4.69, 9.17) is 0 Å². The Balaban J connectivity index is 1.34. The minimum Gasteiger partial charge on any atom is -0.322 e. The number of thiazole rings is 1. The molecule has 0 spiro atoms. The van der Waals surface area contributed by atoms with Gasteiger partial charge in [0.15, 0.2) is 5.13 Å². The van der Waals surface area contributed by atoms with Gasteiger partial charge in [0.05, 0.1) is 10.6 Å². The summed E-state index contributed by atoms with van der Waals surface area (Å²) in [5.74, 6) is -0.319. The predicted octanol–water partition coefficient (Wildman–Crippen LogP) is 7.90. The molecule has 2 N–H and O–H groups in total. The first-order valence-electron chi connectivity index (χ1n) is 11.6. The predicted molar refractivity (Wildman–Crippen MR) is 155 cm³/mol. The zero-order chi connectivity index (χ0) is 25.6. The second-order valence-electron chi connectivity index (χ2n) is 8.21. The maximum atomic E-state index is 13.5. The fraction of sp³-hybridized carbons (Fsp3) is 0.0690. The molecule has 8 heteroatoms. The lowest BCUT2D eigenvalue weighted by Crippen LogP contribution is -2.19. The summed E-state index contributed by atoms with van der Waals surface area (Å²) in [6.45, 7) is 1.91. The van der Waals surface area contributed by atoms with Crippen LogP contribution in [0.4, 0.5) is 10.8 Å². The van der Waals surface area contributed by atoms with Gasteiger partial charge in [0, 0.05) is 21.5 Å². The second-order valence-corrected chi connectivity index (χ2v) is 11.2. The number of aromatic nitrogens is 1. The molecule has 2 amide bonds. The Hall–Kier alpha value is -3.72. The summed E-state index contributed by atoms with van der Waals surface area (Å²) in [7, 11) is 0. The summed E-state index contributed by atoms with van der Waals surface area (Å²) in [6.07, 6.45) is 0. The van der Waals surface area contributed by atoms with Crippen molar-refractivity contribution < 1.29 is 9.59 Å². The Labute approximate surface area is 227 Å². The summed E-state index contributed by atoms with van der Waals surface area (Å²) >= 11 is 4.45. The largest absolute Gasteiger partial charge is 0.322 e. The number of anilines is 2. The molecule has 0 aliphatic rings. The first-order valence-corrected chi connectivity index (χ1v) is 14.2. The second kappa shape index (κ2) is 11.6. The van der Waals surface area contributed by atoms with E-state index in [-0.39, 0.29) is 11.8 Å². The van der Waals surface area contributed by atoms with Gasteiger partial charge >= 0.3 is 0 Å². The average molecular weight is 542 g/mol. The van der Waals surface area contributed by atoms with Gasteiger partial charge in [-0.1, -0.05) is 60.7 Å². The Bertz CT molecular complexity index is 1510. The van der Waals surface area contributed by atoms with Gasteiger partial charge in [0.25, 0.3) is 5.91 Å². The molecule has 1 unspecified atom stereocenters. The van der Waals surface area contributed by atoms with Crippen molar-refractivity contribution in [1.29, 1.82) is 0 Å². The Morgan fingerprint density at radius 1 is 0.865 bits per heavy atom. The van der Waals surface area contributed by atoms with Crippen LogP contribution < -0.4 is 10.6 Å². The van der Waals surface area contributed by atoms with Crippen molar-refractivity contribution in [2.45, 2.75) is 17.1 Å². The first-order chi connectivity index (χ1) is 18.1. The molecule has 184 valence electrons. The number of thioether (sulfide) groups is 1. The number of amides is 2. The van der Waals surface area contributed by atoms with E-state index in [1.165, 1.54) is 23.1 Å². The Morgan fingerprint density at radius 2 is 1.68 bits per heavy atom. The van der Waals surface area contributed by atoms with E-state index in [0.29, 0.717) is 16.4 Å². The van der Waals surface area contributed by atoms with Gasteiger partial charge in [-0.15, -0.1) is 34.4 Å². The van der Waals surface area contributed by atoms with Gasteiger partial charge in [-0.3, -0.25) is 9.59 Å². The summed E-state index contributed by atoms with van der Waals surface area (Å²) in [4.78, 5) is 32.8. The normalized spacial score (nSPS) is 11.6. The molecule has 2 heterocycles. The molecule has 0 bridgehead atoms. The van der Waals surface area contributed by atoms with E-state index in [1.54, 1.807) is 11.3 Å². The van der Waals surface area contributed by atoms with E-state index in [2.05, 4.69) is 15.6 Å². The van der Waals surface area contributed by atoms with Crippen molar-refractivity contribution in [1.82, 2.24) is 4.98 Å². The average Bonchev–Trinajstić information content (AvgIpc) is 3.61. The van der Waals surface area contributed by atoms with Crippen molar-refractivity contribution in [3.63, 3.8) is 0 Å². The van der Waals surface area contributed by atoms with Gasteiger partial charge in [0.2, 0.25) is 5.91 Å². The number of carbonyl (C=O) groups excluding carboxylic acids is 2. The third kappa shape index (κ3) is 6.17. The van der Waals surface area contributed by atoms with Gasteiger partial charge in [-0.05, 0) is 53.8 Å². The third-order valence-corrected chi connectivity index (χ3v) is 8.48. The van der Waals surface area contributed by atoms with Crippen LogP contribution in [0.2, 0.25) is 0 Å². The minimum atomic E-state index is -0.502. The molecule has 0 aliphatic carbocycles.